The first kappa shape index (κ1) is 10.4. The molecule has 2 saturated heterocycles. The zero-order valence-corrected chi connectivity index (χ0v) is 9.45. The largest absolute Gasteiger partial charge is 0.377 e. The van der Waals surface area contributed by atoms with Crippen LogP contribution in [0.25, 0.3) is 0 Å². The van der Waals surface area contributed by atoms with Crippen molar-refractivity contribution < 1.29 is 9.47 Å². The summed E-state index contributed by atoms with van der Waals surface area (Å²) in [5.74, 6) is 0. The Kier molecular flexibility index (Phi) is 2.82. The molecule has 0 N–H and O–H groups in total. The lowest BCUT2D eigenvalue weighted by Gasteiger charge is -2.37. The first-order valence-corrected chi connectivity index (χ1v) is 5.64. The number of likely N-dealkylation sites (tertiary alicyclic amines) is 1. The van der Waals surface area contributed by atoms with Crippen LogP contribution < -0.4 is 0 Å². The summed E-state index contributed by atoms with van der Waals surface area (Å²) in [6, 6.07) is 0. The molecule has 2 atom stereocenters. The van der Waals surface area contributed by atoms with Gasteiger partial charge in [0, 0.05) is 6.54 Å². The van der Waals surface area contributed by atoms with E-state index in [0.29, 0.717) is 12.2 Å². The maximum Gasteiger partial charge on any atom is 0.0722 e. The molecule has 2 aliphatic rings. The van der Waals surface area contributed by atoms with Crippen molar-refractivity contribution in [2.75, 3.05) is 26.3 Å². The van der Waals surface area contributed by atoms with Crippen molar-refractivity contribution in [3.05, 3.63) is 0 Å². The zero-order chi connectivity index (χ0) is 10.2. The highest BCUT2D eigenvalue weighted by Crippen LogP contribution is 2.38. The molecule has 3 nitrogen and oxygen atoms in total. The van der Waals surface area contributed by atoms with Gasteiger partial charge in [-0.25, -0.2) is 0 Å². The minimum absolute atomic E-state index is 0.198. The SMILES string of the molecule is CCN1CC2CC1(COC(C)C)CO2. The highest BCUT2D eigenvalue weighted by molar-refractivity contribution is 5.04. The molecule has 3 heteroatoms. The Hall–Kier alpha value is -0.120. The zero-order valence-electron chi connectivity index (χ0n) is 9.45. The van der Waals surface area contributed by atoms with E-state index >= 15 is 0 Å². The number of morpholine rings is 1. The van der Waals surface area contributed by atoms with Gasteiger partial charge in [-0.2, -0.15) is 0 Å². The van der Waals surface area contributed by atoms with Gasteiger partial charge in [-0.05, 0) is 26.8 Å². The molecule has 2 heterocycles. The van der Waals surface area contributed by atoms with Crippen molar-refractivity contribution in [3.8, 4) is 0 Å². The van der Waals surface area contributed by atoms with E-state index in [-0.39, 0.29) is 5.54 Å². The Labute approximate surface area is 86.4 Å². The minimum Gasteiger partial charge on any atom is -0.377 e. The topological polar surface area (TPSA) is 21.7 Å². The summed E-state index contributed by atoms with van der Waals surface area (Å²) in [5, 5.41) is 0. The van der Waals surface area contributed by atoms with Crippen molar-refractivity contribution in [2.45, 2.75) is 44.9 Å². The van der Waals surface area contributed by atoms with Crippen LogP contribution in [0.3, 0.4) is 0 Å². The van der Waals surface area contributed by atoms with E-state index in [1.807, 2.05) is 0 Å². The second-order valence-corrected chi connectivity index (χ2v) is 4.76. The number of ether oxygens (including phenoxy) is 2. The number of fused-ring (bicyclic) bond motifs is 2. The fraction of sp³-hybridized carbons (Fsp3) is 1.00. The molecule has 0 aliphatic carbocycles. The number of hydrogen-bond donors (Lipinski definition) is 0. The molecule has 82 valence electrons. The van der Waals surface area contributed by atoms with Gasteiger partial charge in [0.25, 0.3) is 0 Å². The van der Waals surface area contributed by atoms with E-state index < -0.39 is 0 Å². The molecule has 2 rings (SSSR count). The Balaban J connectivity index is 1.97. The first-order valence-electron chi connectivity index (χ1n) is 5.64. The Morgan fingerprint density at radius 1 is 1.57 bits per heavy atom. The summed E-state index contributed by atoms with van der Waals surface area (Å²) >= 11 is 0. The van der Waals surface area contributed by atoms with Crippen LogP contribution in [0, 0.1) is 0 Å². The monoisotopic (exact) mass is 199 g/mol. The van der Waals surface area contributed by atoms with E-state index in [4.69, 9.17) is 9.47 Å². The summed E-state index contributed by atoms with van der Waals surface area (Å²) in [4.78, 5) is 2.52. The standard InChI is InChI=1S/C11H21NO2/c1-4-12-6-10-5-11(12,8-14-10)7-13-9(2)3/h9-10H,4-8H2,1-3H3. The summed E-state index contributed by atoms with van der Waals surface area (Å²) < 4.78 is 11.5. The van der Waals surface area contributed by atoms with E-state index in [1.54, 1.807) is 0 Å². The minimum atomic E-state index is 0.198. The molecule has 14 heavy (non-hydrogen) atoms. The predicted octanol–water partition coefficient (Wildman–Crippen LogP) is 1.27. The summed E-state index contributed by atoms with van der Waals surface area (Å²) in [7, 11) is 0. The molecule has 0 aromatic rings. The van der Waals surface area contributed by atoms with E-state index in [0.717, 1.165) is 32.7 Å². The Morgan fingerprint density at radius 3 is 2.93 bits per heavy atom. The highest BCUT2D eigenvalue weighted by atomic mass is 16.5. The van der Waals surface area contributed by atoms with Gasteiger partial charge in [-0.3, -0.25) is 4.90 Å². The fourth-order valence-electron chi connectivity index (χ4n) is 2.57. The second kappa shape index (κ2) is 3.80. The highest BCUT2D eigenvalue weighted by Gasteiger charge is 2.51. The maximum absolute atomic E-state index is 5.76. The predicted molar refractivity (Wildman–Crippen MR) is 55.4 cm³/mol. The molecule has 2 aliphatic heterocycles. The normalized spacial score (nSPS) is 37.3. The van der Waals surface area contributed by atoms with Gasteiger partial charge in [0.1, 0.15) is 0 Å². The molecule has 2 fully saturated rings. The summed E-state index contributed by atoms with van der Waals surface area (Å²) in [5.41, 5.74) is 0.198. The number of hydrogen-bond acceptors (Lipinski definition) is 3. The lowest BCUT2D eigenvalue weighted by molar-refractivity contribution is -0.0585. The number of nitrogens with zero attached hydrogens (tertiary/aromatic N) is 1. The molecule has 0 aromatic carbocycles. The van der Waals surface area contributed by atoms with Gasteiger partial charge in [0.2, 0.25) is 0 Å². The fourth-order valence-corrected chi connectivity index (χ4v) is 2.57. The molecule has 0 aromatic heterocycles. The van der Waals surface area contributed by atoms with Crippen molar-refractivity contribution in [3.63, 3.8) is 0 Å². The molecule has 0 amide bonds. The average Bonchev–Trinajstić information content (AvgIpc) is 2.71. The van der Waals surface area contributed by atoms with Gasteiger partial charge < -0.3 is 9.47 Å². The van der Waals surface area contributed by atoms with Crippen molar-refractivity contribution in [2.24, 2.45) is 0 Å². The second-order valence-electron chi connectivity index (χ2n) is 4.76. The lowest BCUT2D eigenvalue weighted by Crippen LogP contribution is -2.51. The third kappa shape index (κ3) is 1.69. The Morgan fingerprint density at radius 2 is 2.36 bits per heavy atom. The molecule has 2 unspecified atom stereocenters. The smallest absolute Gasteiger partial charge is 0.0722 e. The number of rotatable bonds is 4. The summed E-state index contributed by atoms with van der Waals surface area (Å²) in [6.45, 7) is 10.3. The molecule has 0 saturated carbocycles. The van der Waals surface area contributed by atoms with E-state index in [9.17, 15) is 0 Å². The van der Waals surface area contributed by atoms with Crippen LogP contribution in [0.15, 0.2) is 0 Å². The molecular weight excluding hydrogens is 178 g/mol. The van der Waals surface area contributed by atoms with Gasteiger partial charge in [-0.1, -0.05) is 6.92 Å². The van der Waals surface area contributed by atoms with E-state index in [2.05, 4.69) is 25.7 Å². The van der Waals surface area contributed by atoms with Crippen LogP contribution in [-0.2, 0) is 9.47 Å². The van der Waals surface area contributed by atoms with Crippen LogP contribution >= 0.6 is 0 Å². The van der Waals surface area contributed by atoms with Crippen LogP contribution in [0.1, 0.15) is 27.2 Å². The van der Waals surface area contributed by atoms with Crippen molar-refractivity contribution in [1.82, 2.24) is 4.90 Å². The maximum atomic E-state index is 5.76. The Bertz CT molecular complexity index is 207. The first-order chi connectivity index (χ1) is 6.66. The van der Waals surface area contributed by atoms with Crippen LogP contribution in [0.4, 0.5) is 0 Å². The molecule has 0 radical (unpaired) electrons. The molecule has 2 bridgehead atoms. The van der Waals surface area contributed by atoms with Crippen molar-refractivity contribution in [1.29, 1.82) is 0 Å². The lowest BCUT2D eigenvalue weighted by atomic mass is 10.00. The molecule has 0 spiro atoms. The summed E-state index contributed by atoms with van der Waals surface area (Å²) in [6.07, 6.45) is 1.95. The van der Waals surface area contributed by atoms with Gasteiger partial charge >= 0.3 is 0 Å². The van der Waals surface area contributed by atoms with E-state index in [1.165, 1.54) is 0 Å². The van der Waals surface area contributed by atoms with Gasteiger partial charge in [-0.15, -0.1) is 0 Å². The van der Waals surface area contributed by atoms with Crippen molar-refractivity contribution >= 4 is 0 Å². The van der Waals surface area contributed by atoms with Crippen LogP contribution in [0.2, 0.25) is 0 Å². The van der Waals surface area contributed by atoms with Gasteiger partial charge in [0.05, 0.1) is 31.0 Å². The van der Waals surface area contributed by atoms with Crippen LogP contribution in [0.5, 0.6) is 0 Å². The molecular formula is C11H21NO2. The van der Waals surface area contributed by atoms with Crippen LogP contribution in [-0.4, -0.2) is 49.0 Å². The third-order valence-corrected chi connectivity index (χ3v) is 3.36. The average molecular weight is 199 g/mol. The number of likely N-dealkylation sites (N-methyl/N-ethyl adjacent to an activating group) is 1. The quantitative estimate of drug-likeness (QED) is 0.680. The third-order valence-electron chi connectivity index (χ3n) is 3.36. The van der Waals surface area contributed by atoms with Gasteiger partial charge in [0.15, 0.2) is 0 Å².